The molecule has 0 atom stereocenters. The number of carbonyl (C=O) groups excluding carboxylic acids is 2. The standard InChI is InChI=1S/C19H16ClN3O4S/c20-17-6-5-16(28-17)19(25)21-10-14-9-15(22-27-14)12-1-3-13(4-2-12)23-7-8-26-11-18(23)24/h1-6,9H,7-8,10-11H2,(H,21,25). The second kappa shape index (κ2) is 8.14. The van der Waals surface area contributed by atoms with Gasteiger partial charge in [-0.05, 0) is 24.3 Å². The van der Waals surface area contributed by atoms with E-state index in [0.29, 0.717) is 33.8 Å². The Morgan fingerprint density at radius 1 is 1.25 bits per heavy atom. The van der Waals surface area contributed by atoms with E-state index in [1.807, 2.05) is 24.3 Å². The molecule has 7 nitrogen and oxygen atoms in total. The minimum absolute atomic E-state index is 0.0505. The third-order valence-corrected chi connectivity index (χ3v) is 5.47. The monoisotopic (exact) mass is 417 g/mol. The fourth-order valence-corrected chi connectivity index (χ4v) is 3.79. The van der Waals surface area contributed by atoms with E-state index in [2.05, 4.69) is 10.5 Å². The Kier molecular flexibility index (Phi) is 5.43. The maximum absolute atomic E-state index is 12.1. The zero-order chi connectivity index (χ0) is 19.5. The Morgan fingerprint density at radius 2 is 2.07 bits per heavy atom. The van der Waals surface area contributed by atoms with Crippen molar-refractivity contribution >= 4 is 40.4 Å². The van der Waals surface area contributed by atoms with Gasteiger partial charge in [-0.2, -0.15) is 0 Å². The zero-order valence-electron chi connectivity index (χ0n) is 14.7. The van der Waals surface area contributed by atoms with Gasteiger partial charge in [-0.1, -0.05) is 28.9 Å². The van der Waals surface area contributed by atoms with Crippen molar-refractivity contribution in [2.75, 3.05) is 24.7 Å². The van der Waals surface area contributed by atoms with Gasteiger partial charge in [-0.3, -0.25) is 9.59 Å². The number of carbonyl (C=O) groups is 2. The highest BCUT2D eigenvalue weighted by atomic mass is 35.5. The van der Waals surface area contributed by atoms with Gasteiger partial charge in [0.05, 0.1) is 22.4 Å². The largest absolute Gasteiger partial charge is 0.370 e. The molecule has 0 radical (unpaired) electrons. The van der Waals surface area contributed by atoms with E-state index in [0.717, 1.165) is 11.3 Å². The first kappa shape index (κ1) is 18.7. The van der Waals surface area contributed by atoms with E-state index < -0.39 is 0 Å². The van der Waals surface area contributed by atoms with Crippen LogP contribution in [-0.4, -0.2) is 36.7 Å². The number of benzene rings is 1. The fourth-order valence-electron chi connectivity index (χ4n) is 2.83. The average Bonchev–Trinajstić information content (AvgIpc) is 3.36. The van der Waals surface area contributed by atoms with Gasteiger partial charge >= 0.3 is 0 Å². The lowest BCUT2D eigenvalue weighted by atomic mass is 10.1. The Labute approximate surface area is 169 Å². The molecule has 4 rings (SSSR count). The molecule has 0 aliphatic carbocycles. The van der Waals surface area contributed by atoms with E-state index in [-0.39, 0.29) is 25.0 Å². The van der Waals surface area contributed by atoms with Crippen LogP contribution in [0.5, 0.6) is 0 Å². The van der Waals surface area contributed by atoms with Gasteiger partial charge in [-0.25, -0.2) is 0 Å². The summed E-state index contributed by atoms with van der Waals surface area (Å²) in [4.78, 5) is 26.2. The summed E-state index contributed by atoms with van der Waals surface area (Å²) in [7, 11) is 0. The molecule has 1 aliphatic heterocycles. The summed E-state index contributed by atoms with van der Waals surface area (Å²) >= 11 is 7.06. The van der Waals surface area contributed by atoms with Crippen LogP contribution in [-0.2, 0) is 16.1 Å². The van der Waals surface area contributed by atoms with Crippen molar-refractivity contribution < 1.29 is 18.8 Å². The lowest BCUT2D eigenvalue weighted by Gasteiger charge is -2.26. The number of aromatic nitrogens is 1. The van der Waals surface area contributed by atoms with E-state index >= 15 is 0 Å². The van der Waals surface area contributed by atoms with Gasteiger partial charge in [0.1, 0.15) is 12.3 Å². The smallest absolute Gasteiger partial charge is 0.261 e. The summed E-state index contributed by atoms with van der Waals surface area (Å²) in [6, 6.07) is 12.6. The second-order valence-electron chi connectivity index (χ2n) is 6.11. The molecule has 28 heavy (non-hydrogen) atoms. The number of morpholine rings is 1. The van der Waals surface area contributed by atoms with E-state index in [9.17, 15) is 9.59 Å². The molecule has 9 heteroatoms. The van der Waals surface area contributed by atoms with E-state index in [1.54, 1.807) is 23.1 Å². The number of amides is 2. The normalized spacial score (nSPS) is 14.3. The number of ether oxygens (including phenoxy) is 1. The first-order valence-corrected chi connectivity index (χ1v) is 9.77. The number of rotatable bonds is 5. The summed E-state index contributed by atoms with van der Waals surface area (Å²) < 4.78 is 11.0. The van der Waals surface area contributed by atoms with Crippen molar-refractivity contribution in [3.8, 4) is 11.3 Å². The van der Waals surface area contributed by atoms with Gasteiger partial charge in [-0.15, -0.1) is 11.3 Å². The number of anilines is 1. The number of hydrogen-bond acceptors (Lipinski definition) is 6. The number of halogens is 1. The number of nitrogens with one attached hydrogen (secondary N) is 1. The predicted molar refractivity (Wildman–Crippen MR) is 106 cm³/mol. The van der Waals surface area contributed by atoms with Crippen molar-refractivity contribution in [3.05, 3.63) is 57.4 Å². The molecule has 3 heterocycles. The molecule has 0 spiro atoms. The molecule has 2 amide bonds. The number of nitrogens with zero attached hydrogens (tertiary/aromatic N) is 2. The molecule has 1 N–H and O–H groups in total. The van der Waals surface area contributed by atoms with Crippen LogP contribution >= 0.6 is 22.9 Å². The molecular formula is C19H16ClN3O4S. The quantitative estimate of drug-likeness (QED) is 0.688. The Hall–Kier alpha value is -2.68. The molecule has 0 unspecified atom stereocenters. The van der Waals surface area contributed by atoms with Gasteiger partial charge in [0.15, 0.2) is 5.76 Å². The molecule has 1 aliphatic rings. The molecule has 1 aromatic carbocycles. The van der Waals surface area contributed by atoms with Gasteiger partial charge in [0, 0.05) is 23.9 Å². The van der Waals surface area contributed by atoms with Crippen LogP contribution in [0.25, 0.3) is 11.3 Å². The highest BCUT2D eigenvalue weighted by Crippen LogP contribution is 2.24. The molecule has 0 bridgehead atoms. The Balaban J connectivity index is 1.39. The van der Waals surface area contributed by atoms with E-state index in [1.165, 1.54) is 11.3 Å². The molecule has 2 aromatic heterocycles. The fraction of sp³-hybridized carbons (Fsp3) is 0.211. The van der Waals surface area contributed by atoms with Crippen LogP contribution in [0.2, 0.25) is 4.34 Å². The van der Waals surface area contributed by atoms with Gasteiger partial charge in [0.25, 0.3) is 11.8 Å². The number of thiophene rings is 1. The highest BCUT2D eigenvalue weighted by Gasteiger charge is 2.20. The SMILES string of the molecule is O=C(NCc1cc(-c2ccc(N3CCOCC3=O)cc2)no1)c1ccc(Cl)s1. The van der Waals surface area contributed by atoms with Gasteiger partial charge in [0.2, 0.25) is 0 Å². The Bertz CT molecular complexity index is 999. The van der Waals surface area contributed by atoms with Crippen molar-refractivity contribution in [1.82, 2.24) is 10.5 Å². The number of hydrogen-bond donors (Lipinski definition) is 1. The van der Waals surface area contributed by atoms with Crippen LogP contribution in [0, 0.1) is 0 Å². The summed E-state index contributed by atoms with van der Waals surface area (Å²) in [5, 5.41) is 6.83. The van der Waals surface area contributed by atoms with Crippen molar-refractivity contribution in [2.24, 2.45) is 0 Å². The van der Waals surface area contributed by atoms with Crippen molar-refractivity contribution in [2.45, 2.75) is 6.54 Å². The molecule has 1 saturated heterocycles. The minimum atomic E-state index is -0.214. The Morgan fingerprint density at radius 3 is 2.79 bits per heavy atom. The summed E-state index contributed by atoms with van der Waals surface area (Å²) in [5.74, 6) is 0.276. The third-order valence-electron chi connectivity index (χ3n) is 4.24. The van der Waals surface area contributed by atoms with Gasteiger partial charge < -0.3 is 19.5 Å². The highest BCUT2D eigenvalue weighted by molar-refractivity contribution is 7.17. The first-order valence-electron chi connectivity index (χ1n) is 8.58. The lowest BCUT2D eigenvalue weighted by molar-refractivity contribution is -0.125. The molecule has 0 saturated carbocycles. The summed E-state index contributed by atoms with van der Waals surface area (Å²) in [6.07, 6.45) is 0. The molecular weight excluding hydrogens is 402 g/mol. The topological polar surface area (TPSA) is 84.7 Å². The van der Waals surface area contributed by atoms with E-state index in [4.69, 9.17) is 20.9 Å². The predicted octanol–water partition coefficient (Wildman–Crippen LogP) is 3.35. The maximum atomic E-state index is 12.1. The average molecular weight is 418 g/mol. The molecule has 3 aromatic rings. The zero-order valence-corrected chi connectivity index (χ0v) is 16.3. The second-order valence-corrected chi connectivity index (χ2v) is 7.82. The first-order chi connectivity index (χ1) is 13.6. The molecule has 1 fully saturated rings. The third kappa shape index (κ3) is 4.09. The van der Waals surface area contributed by atoms with Crippen LogP contribution in [0.1, 0.15) is 15.4 Å². The maximum Gasteiger partial charge on any atom is 0.261 e. The van der Waals surface area contributed by atoms with Crippen LogP contribution in [0.15, 0.2) is 47.0 Å². The van der Waals surface area contributed by atoms with Crippen LogP contribution in [0.3, 0.4) is 0 Å². The minimum Gasteiger partial charge on any atom is -0.370 e. The van der Waals surface area contributed by atoms with Crippen molar-refractivity contribution in [1.29, 1.82) is 0 Å². The lowest BCUT2D eigenvalue weighted by Crippen LogP contribution is -2.41. The summed E-state index contributed by atoms with van der Waals surface area (Å²) in [5.41, 5.74) is 2.33. The van der Waals surface area contributed by atoms with Crippen LogP contribution < -0.4 is 10.2 Å². The van der Waals surface area contributed by atoms with Crippen LogP contribution in [0.4, 0.5) is 5.69 Å². The summed E-state index contributed by atoms with van der Waals surface area (Å²) in [6.45, 7) is 1.41. The van der Waals surface area contributed by atoms with Crippen molar-refractivity contribution in [3.63, 3.8) is 0 Å². The molecule has 144 valence electrons.